The number of nitrogens with zero attached hydrogens (tertiary/aromatic N) is 1. The normalized spacial score (nSPS) is 14.4. The Morgan fingerprint density at radius 1 is 0.864 bits per heavy atom. The zero-order valence-corrected chi connectivity index (χ0v) is 15.1. The van der Waals surface area contributed by atoms with Crippen molar-refractivity contribution in [2.45, 2.75) is 9.79 Å². The van der Waals surface area contributed by atoms with Crippen LogP contribution in [0.25, 0.3) is 0 Å². The van der Waals surface area contributed by atoms with Crippen LogP contribution in [-0.4, -0.2) is 18.9 Å². The minimum Gasteiger partial charge on any atom is -0.244 e. The molecule has 0 N–H and O–H groups in total. The molecule has 0 amide bonds. The fraction of sp³-hybridized carbons (Fsp3) is 0.0769. The Morgan fingerprint density at radius 3 is 1.95 bits per heavy atom. The summed E-state index contributed by atoms with van der Waals surface area (Å²) in [4.78, 5) is 0.00710. The molecular weight excluding hydrogens is 389 g/mol. The quantitative estimate of drug-likeness (QED) is 0.765. The van der Waals surface area contributed by atoms with E-state index in [4.69, 9.17) is 34.8 Å². The lowest BCUT2D eigenvalue weighted by Gasteiger charge is -2.06. The van der Waals surface area contributed by atoms with E-state index in [-0.39, 0.29) is 14.8 Å². The molecule has 2 aromatic carbocycles. The summed E-state index contributed by atoms with van der Waals surface area (Å²) in [5, 5.41) is 0.656. The lowest BCUT2D eigenvalue weighted by atomic mass is 10.4. The van der Waals surface area contributed by atoms with Gasteiger partial charge in [0.15, 0.2) is 0 Å². The molecule has 22 heavy (non-hydrogen) atoms. The van der Waals surface area contributed by atoms with Crippen LogP contribution in [-0.2, 0) is 19.8 Å². The third-order valence-corrected chi connectivity index (χ3v) is 7.56. The van der Waals surface area contributed by atoms with Gasteiger partial charge in [0, 0.05) is 21.2 Å². The van der Waals surface area contributed by atoms with Gasteiger partial charge in [-0.2, -0.15) is 8.42 Å². The van der Waals surface area contributed by atoms with E-state index in [9.17, 15) is 12.6 Å². The third-order valence-electron chi connectivity index (χ3n) is 2.66. The maximum absolute atomic E-state index is 12.6. The Labute approximate surface area is 144 Å². The second kappa shape index (κ2) is 6.37. The molecule has 0 radical (unpaired) electrons. The Hall–Kier alpha value is -0.790. The maximum Gasteiger partial charge on any atom is 0.291 e. The summed E-state index contributed by atoms with van der Waals surface area (Å²) >= 11 is 17.4. The predicted octanol–water partition coefficient (Wildman–Crippen LogP) is 4.49. The van der Waals surface area contributed by atoms with E-state index in [1.54, 1.807) is 0 Å². The first-order chi connectivity index (χ1) is 10.1. The standard InChI is InChI=1S/C13H10Cl3NO3S2/c1-21(18,11-5-2-9(14)3-6-11)17-22(19,20)13-7-4-10(15)8-12(13)16/h2-8H,1H3. The van der Waals surface area contributed by atoms with Gasteiger partial charge >= 0.3 is 0 Å². The Bertz CT molecular complexity index is 932. The molecule has 0 bridgehead atoms. The van der Waals surface area contributed by atoms with Crippen molar-refractivity contribution >= 4 is 54.6 Å². The minimum atomic E-state index is -4.20. The lowest BCUT2D eigenvalue weighted by Crippen LogP contribution is -2.05. The first-order valence-electron chi connectivity index (χ1n) is 5.81. The highest BCUT2D eigenvalue weighted by molar-refractivity contribution is 8.03. The van der Waals surface area contributed by atoms with Gasteiger partial charge < -0.3 is 0 Å². The van der Waals surface area contributed by atoms with Crippen LogP contribution in [0.1, 0.15) is 0 Å². The highest BCUT2D eigenvalue weighted by Gasteiger charge is 2.20. The van der Waals surface area contributed by atoms with E-state index in [1.807, 2.05) is 0 Å². The highest BCUT2D eigenvalue weighted by Crippen LogP contribution is 2.28. The summed E-state index contributed by atoms with van der Waals surface area (Å²) in [6, 6.07) is 9.83. The second-order valence-electron chi connectivity index (χ2n) is 4.38. The van der Waals surface area contributed by atoms with Gasteiger partial charge in [0.25, 0.3) is 10.0 Å². The van der Waals surface area contributed by atoms with Gasteiger partial charge in [-0.25, -0.2) is 4.21 Å². The van der Waals surface area contributed by atoms with Gasteiger partial charge in [0.1, 0.15) is 4.90 Å². The summed E-state index contributed by atoms with van der Waals surface area (Å²) in [7, 11) is -7.37. The van der Waals surface area contributed by atoms with Crippen molar-refractivity contribution in [1.29, 1.82) is 0 Å². The number of sulfonamides is 1. The van der Waals surface area contributed by atoms with Crippen LogP contribution in [0.3, 0.4) is 0 Å². The van der Waals surface area contributed by atoms with E-state index in [1.165, 1.54) is 48.7 Å². The molecule has 0 aliphatic carbocycles. The SMILES string of the molecule is CS(=O)(=NS(=O)(=O)c1ccc(Cl)cc1Cl)c1ccc(Cl)cc1. The van der Waals surface area contributed by atoms with Gasteiger partial charge in [-0.05, 0) is 42.5 Å². The fourth-order valence-electron chi connectivity index (χ4n) is 1.64. The van der Waals surface area contributed by atoms with Gasteiger partial charge in [0.2, 0.25) is 0 Å². The second-order valence-corrected chi connectivity index (χ2v) is 9.72. The number of benzene rings is 2. The maximum atomic E-state index is 12.6. The molecule has 2 rings (SSSR count). The van der Waals surface area contributed by atoms with Crippen LogP contribution in [0.4, 0.5) is 0 Å². The monoisotopic (exact) mass is 397 g/mol. The van der Waals surface area contributed by atoms with Crippen LogP contribution >= 0.6 is 34.8 Å². The number of hydrogen-bond donors (Lipinski definition) is 0. The molecule has 4 nitrogen and oxygen atoms in total. The van der Waals surface area contributed by atoms with Crippen LogP contribution in [0.5, 0.6) is 0 Å². The smallest absolute Gasteiger partial charge is 0.244 e. The van der Waals surface area contributed by atoms with Crippen LogP contribution in [0, 0.1) is 0 Å². The lowest BCUT2D eigenvalue weighted by molar-refractivity contribution is 0.598. The molecule has 0 spiro atoms. The third kappa shape index (κ3) is 3.94. The molecule has 9 heteroatoms. The van der Waals surface area contributed by atoms with Crippen molar-refractivity contribution in [3.8, 4) is 0 Å². The van der Waals surface area contributed by atoms with Crippen molar-refractivity contribution in [3.05, 3.63) is 57.5 Å². The van der Waals surface area contributed by atoms with Crippen molar-refractivity contribution < 1.29 is 12.6 Å². The van der Waals surface area contributed by atoms with Gasteiger partial charge in [0.05, 0.1) is 14.8 Å². The van der Waals surface area contributed by atoms with E-state index in [0.717, 1.165) is 0 Å². The molecule has 0 heterocycles. The molecule has 118 valence electrons. The van der Waals surface area contributed by atoms with E-state index >= 15 is 0 Å². The molecule has 0 fully saturated rings. The number of rotatable bonds is 3. The van der Waals surface area contributed by atoms with Gasteiger partial charge in [-0.3, -0.25) is 0 Å². The van der Waals surface area contributed by atoms with Gasteiger partial charge in [-0.1, -0.05) is 34.8 Å². The largest absolute Gasteiger partial charge is 0.291 e. The molecule has 0 aromatic heterocycles. The van der Waals surface area contributed by atoms with Crippen molar-refractivity contribution in [1.82, 2.24) is 0 Å². The number of hydrogen-bond acceptors (Lipinski definition) is 3. The molecule has 1 atom stereocenters. The zero-order chi connectivity index (χ0) is 16.5. The minimum absolute atomic E-state index is 0.0810. The molecule has 0 saturated carbocycles. The Kier molecular flexibility index (Phi) is 5.09. The summed E-state index contributed by atoms with van der Waals surface area (Å²) in [6.45, 7) is 0. The van der Waals surface area contributed by atoms with E-state index in [0.29, 0.717) is 10.0 Å². The summed E-state index contributed by atoms with van der Waals surface area (Å²) in [6.07, 6.45) is 1.23. The van der Waals surface area contributed by atoms with Crippen molar-refractivity contribution in [3.63, 3.8) is 0 Å². The molecular formula is C13H10Cl3NO3S2. The summed E-state index contributed by atoms with van der Waals surface area (Å²) in [5.74, 6) is 0. The average Bonchev–Trinajstić information content (AvgIpc) is 2.37. The van der Waals surface area contributed by atoms with Crippen LogP contribution in [0.15, 0.2) is 56.0 Å². The molecule has 0 aliphatic rings. The molecule has 0 saturated heterocycles. The van der Waals surface area contributed by atoms with E-state index < -0.39 is 19.8 Å². The topological polar surface area (TPSA) is 63.6 Å². The average molecular weight is 399 g/mol. The first-order valence-corrected chi connectivity index (χ1v) is 10.3. The van der Waals surface area contributed by atoms with Gasteiger partial charge in [-0.15, -0.1) is 3.77 Å². The highest BCUT2D eigenvalue weighted by atomic mass is 35.5. The Balaban J connectivity index is 2.58. The van der Waals surface area contributed by atoms with Crippen LogP contribution in [0.2, 0.25) is 15.1 Å². The molecule has 0 aliphatic heterocycles. The van der Waals surface area contributed by atoms with Crippen molar-refractivity contribution in [2.75, 3.05) is 6.26 Å². The van der Waals surface area contributed by atoms with Crippen LogP contribution < -0.4 is 0 Å². The predicted molar refractivity (Wildman–Crippen MR) is 89.9 cm³/mol. The summed E-state index contributed by atoms with van der Waals surface area (Å²) in [5.41, 5.74) is 0. The Morgan fingerprint density at radius 2 is 1.41 bits per heavy atom. The number of halogens is 3. The van der Waals surface area contributed by atoms with E-state index in [2.05, 4.69) is 3.77 Å². The molecule has 2 aromatic rings. The summed E-state index contributed by atoms with van der Waals surface area (Å²) < 4.78 is 40.8. The van der Waals surface area contributed by atoms with Crippen molar-refractivity contribution in [2.24, 2.45) is 3.77 Å². The first kappa shape index (κ1) is 17.6. The zero-order valence-electron chi connectivity index (χ0n) is 11.2. The fourth-order valence-corrected chi connectivity index (χ4v) is 5.82. The molecule has 1 unspecified atom stereocenters.